The lowest BCUT2D eigenvalue weighted by Crippen LogP contribution is -2.49. The Balaban J connectivity index is 1.21. The van der Waals surface area contributed by atoms with Gasteiger partial charge in [0, 0.05) is 30.9 Å². The number of hydrogen-bond donors (Lipinski definition) is 0. The molecule has 0 unspecified atom stereocenters. The number of likely N-dealkylation sites (tertiary alicyclic amines) is 1. The average molecular weight is 431 g/mol. The molecule has 6 rings (SSSR count). The number of ether oxygens (including phenoxy) is 1. The van der Waals surface area contributed by atoms with Crippen LogP contribution in [0.15, 0.2) is 59.3 Å². The Morgan fingerprint density at radius 2 is 1.97 bits per heavy atom. The van der Waals surface area contributed by atoms with Crippen molar-refractivity contribution in [3.05, 3.63) is 71.9 Å². The van der Waals surface area contributed by atoms with Gasteiger partial charge in [-0.3, -0.25) is 9.69 Å². The highest BCUT2D eigenvalue weighted by Crippen LogP contribution is 2.56. The van der Waals surface area contributed by atoms with E-state index in [9.17, 15) is 4.79 Å². The van der Waals surface area contributed by atoms with E-state index in [0.29, 0.717) is 24.2 Å². The molecule has 3 aliphatic heterocycles. The molecule has 0 aliphatic carbocycles. The molecule has 32 heavy (non-hydrogen) atoms. The molecule has 0 N–H and O–H groups in total. The van der Waals surface area contributed by atoms with Crippen LogP contribution in [-0.4, -0.2) is 44.3 Å². The summed E-state index contributed by atoms with van der Waals surface area (Å²) in [6.07, 6.45) is 6.34. The predicted octanol–water partition coefficient (Wildman–Crippen LogP) is 4.11. The minimum absolute atomic E-state index is 0.265. The third-order valence-corrected chi connectivity index (χ3v) is 7.29. The maximum atomic E-state index is 13.6. The molecule has 1 spiro atoms. The van der Waals surface area contributed by atoms with Crippen LogP contribution >= 0.6 is 0 Å². The summed E-state index contributed by atoms with van der Waals surface area (Å²) in [5.41, 5.74) is 0.891. The number of aryl methyl sites for hydroxylation is 1. The van der Waals surface area contributed by atoms with E-state index in [0.717, 1.165) is 43.9 Å². The van der Waals surface area contributed by atoms with Crippen LogP contribution in [0, 0.1) is 12.8 Å². The van der Waals surface area contributed by atoms with Crippen molar-refractivity contribution in [2.24, 2.45) is 5.92 Å². The number of benzene rings is 1. The maximum Gasteiger partial charge on any atom is 0.321 e. The topological polar surface area (TPSA) is 71.7 Å². The van der Waals surface area contributed by atoms with Gasteiger partial charge in [-0.2, -0.15) is 0 Å². The fourth-order valence-electron chi connectivity index (χ4n) is 5.99. The Bertz CT molecular complexity index is 1130. The standard InChI is InChI=1S/C25H26N4O3/c1-17-4-7-21(31-17)16-28-15-19-14-22(29-13-2-10-25(19,29)23(28)30)18-5-8-20(9-6-18)32-24-26-11-3-12-27-24/h3-9,11-12,19,22H,2,10,13-16H2,1H3/t19-,22-,25-/m0/s1. The summed E-state index contributed by atoms with van der Waals surface area (Å²) >= 11 is 0. The maximum absolute atomic E-state index is 13.6. The largest absolute Gasteiger partial charge is 0.464 e. The summed E-state index contributed by atoms with van der Waals surface area (Å²) in [6, 6.07) is 14.5. The van der Waals surface area contributed by atoms with Crippen molar-refractivity contribution in [2.75, 3.05) is 13.1 Å². The molecule has 3 saturated heterocycles. The molecular formula is C25H26N4O3. The molecule has 1 amide bonds. The molecule has 1 aromatic carbocycles. The predicted molar refractivity (Wildman–Crippen MR) is 117 cm³/mol. The molecule has 0 radical (unpaired) electrons. The molecule has 5 heterocycles. The van der Waals surface area contributed by atoms with Gasteiger partial charge in [-0.1, -0.05) is 12.1 Å². The number of amides is 1. The van der Waals surface area contributed by atoms with Crippen molar-refractivity contribution < 1.29 is 13.9 Å². The second-order valence-electron chi connectivity index (χ2n) is 9.07. The number of hydrogen-bond acceptors (Lipinski definition) is 6. The van der Waals surface area contributed by atoms with Crippen LogP contribution in [0.5, 0.6) is 11.8 Å². The SMILES string of the molecule is Cc1ccc(CN2C[C@@H]3C[C@@H](c4ccc(Oc5ncccn5)cc4)N4CCC[C@@]34C2=O)o1. The van der Waals surface area contributed by atoms with Gasteiger partial charge in [0.15, 0.2) is 0 Å². The number of carbonyl (C=O) groups excluding carboxylic acids is 1. The van der Waals surface area contributed by atoms with Crippen molar-refractivity contribution >= 4 is 5.91 Å². The summed E-state index contributed by atoms with van der Waals surface area (Å²) in [6.45, 7) is 4.28. The van der Waals surface area contributed by atoms with E-state index in [2.05, 4.69) is 27.0 Å². The van der Waals surface area contributed by atoms with Crippen molar-refractivity contribution in [2.45, 2.75) is 44.3 Å². The van der Waals surface area contributed by atoms with Gasteiger partial charge in [0.1, 0.15) is 22.8 Å². The molecule has 164 valence electrons. The summed E-state index contributed by atoms with van der Waals surface area (Å²) in [7, 11) is 0. The smallest absolute Gasteiger partial charge is 0.321 e. The number of carbonyl (C=O) groups is 1. The van der Waals surface area contributed by atoms with Gasteiger partial charge in [0.05, 0.1) is 6.54 Å². The van der Waals surface area contributed by atoms with Crippen LogP contribution in [0.25, 0.3) is 0 Å². The summed E-state index contributed by atoms with van der Waals surface area (Å²) in [5, 5.41) is 0. The van der Waals surface area contributed by atoms with E-state index in [1.54, 1.807) is 18.5 Å². The molecule has 0 saturated carbocycles. The minimum atomic E-state index is -0.348. The summed E-state index contributed by atoms with van der Waals surface area (Å²) < 4.78 is 11.5. The summed E-state index contributed by atoms with van der Waals surface area (Å²) in [5.74, 6) is 3.10. The van der Waals surface area contributed by atoms with E-state index >= 15 is 0 Å². The highest BCUT2D eigenvalue weighted by Gasteiger charge is 2.65. The van der Waals surface area contributed by atoms with Crippen LogP contribution in [0.3, 0.4) is 0 Å². The molecule has 3 aliphatic rings. The second kappa shape index (κ2) is 7.45. The molecule has 3 atom stereocenters. The zero-order chi connectivity index (χ0) is 21.7. The van der Waals surface area contributed by atoms with E-state index in [1.165, 1.54) is 5.56 Å². The van der Waals surface area contributed by atoms with Gasteiger partial charge < -0.3 is 14.1 Å². The lowest BCUT2D eigenvalue weighted by Gasteiger charge is -2.33. The summed E-state index contributed by atoms with van der Waals surface area (Å²) in [4.78, 5) is 26.4. The molecular weight excluding hydrogens is 404 g/mol. The monoisotopic (exact) mass is 430 g/mol. The Hall–Kier alpha value is -3.19. The normalized spacial score (nSPS) is 27.0. The molecule has 7 heteroatoms. The van der Waals surface area contributed by atoms with Crippen molar-refractivity contribution in [1.29, 1.82) is 0 Å². The lowest BCUT2D eigenvalue weighted by molar-refractivity contribution is -0.137. The van der Waals surface area contributed by atoms with Crippen LogP contribution in [0.2, 0.25) is 0 Å². The van der Waals surface area contributed by atoms with Crippen LogP contribution in [0.1, 0.15) is 42.4 Å². The Morgan fingerprint density at radius 3 is 2.72 bits per heavy atom. The van der Waals surface area contributed by atoms with Crippen LogP contribution in [0.4, 0.5) is 0 Å². The van der Waals surface area contributed by atoms with Gasteiger partial charge in [0.25, 0.3) is 0 Å². The molecule has 0 bridgehead atoms. The quantitative estimate of drug-likeness (QED) is 0.607. The third kappa shape index (κ3) is 3.03. The molecule has 3 aromatic rings. The Kier molecular flexibility index (Phi) is 4.54. The fourth-order valence-corrected chi connectivity index (χ4v) is 5.99. The molecule has 7 nitrogen and oxygen atoms in total. The lowest BCUT2D eigenvalue weighted by atomic mass is 9.85. The minimum Gasteiger partial charge on any atom is -0.464 e. The number of rotatable bonds is 5. The fraction of sp³-hybridized carbons (Fsp3) is 0.400. The van der Waals surface area contributed by atoms with Gasteiger partial charge in [0.2, 0.25) is 5.91 Å². The van der Waals surface area contributed by atoms with Crippen molar-refractivity contribution in [3.63, 3.8) is 0 Å². The van der Waals surface area contributed by atoms with E-state index < -0.39 is 0 Å². The molecule has 3 fully saturated rings. The van der Waals surface area contributed by atoms with Gasteiger partial charge in [-0.05, 0) is 68.6 Å². The third-order valence-electron chi connectivity index (χ3n) is 7.29. The first-order valence-electron chi connectivity index (χ1n) is 11.3. The Morgan fingerprint density at radius 1 is 1.16 bits per heavy atom. The highest BCUT2D eigenvalue weighted by molar-refractivity contribution is 5.90. The van der Waals surface area contributed by atoms with Crippen molar-refractivity contribution in [1.82, 2.24) is 19.8 Å². The first-order valence-corrected chi connectivity index (χ1v) is 11.3. The zero-order valence-electron chi connectivity index (χ0n) is 18.1. The van der Waals surface area contributed by atoms with Gasteiger partial charge >= 0.3 is 6.01 Å². The second-order valence-corrected chi connectivity index (χ2v) is 9.07. The Labute approximate surface area is 187 Å². The van der Waals surface area contributed by atoms with Gasteiger partial charge in [-0.25, -0.2) is 9.97 Å². The first-order chi connectivity index (χ1) is 15.6. The number of furan rings is 1. The number of aromatic nitrogens is 2. The average Bonchev–Trinajstić information content (AvgIpc) is 3.54. The first kappa shape index (κ1) is 19.5. The van der Waals surface area contributed by atoms with Crippen LogP contribution < -0.4 is 4.74 Å². The molecule has 2 aromatic heterocycles. The van der Waals surface area contributed by atoms with Gasteiger partial charge in [-0.15, -0.1) is 0 Å². The van der Waals surface area contributed by atoms with Crippen molar-refractivity contribution in [3.8, 4) is 11.8 Å². The van der Waals surface area contributed by atoms with E-state index in [4.69, 9.17) is 9.15 Å². The van der Waals surface area contributed by atoms with E-state index in [1.807, 2.05) is 36.1 Å². The zero-order valence-corrected chi connectivity index (χ0v) is 18.1. The highest BCUT2D eigenvalue weighted by atomic mass is 16.5. The van der Waals surface area contributed by atoms with Crippen LogP contribution in [-0.2, 0) is 11.3 Å². The number of nitrogens with zero attached hydrogens (tertiary/aromatic N) is 4. The van der Waals surface area contributed by atoms with E-state index in [-0.39, 0.29) is 17.5 Å².